The highest BCUT2D eigenvalue weighted by Crippen LogP contribution is 2.45. The molecule has 5 nitrogen and oxygen atoms in total. The molecular formula is C12H21BrN4O. The summed E-state index contributed by atoms with van der Waals surface area (Å²) >= 11 is 3.49. The highest BCUT2D eigenvalue weighted by Gasteiger charge is 2.47. The van der Waals surface area contributed by atoms with Crippen LogP contribution >= 0.6 is 15.9 Å². The average molecular weight is 317 g/mol. The maximum absolute atomic E-state index is 5.81. The van der Waals surface area contributed by atoms with E-state index in [4.69, 9.17) is 4.74 Å². The fourth-order valence-corrected chi connectivity index (χ4v) is 3.16. The van der Waals surface area contributed by atoms with Crippen LogP contribution in [-0.2, 0) is 11.8 Å². The topological polar surface area (TPSA) is 52.0 Å². The Hall–Kier alpha value is -0.460. The summed E-state index contributed by atoms with van der Waals surface area (Å²) in [6.45, 7) is 3.13. The summed E-state index contributed by atoms with van der Waals surface area (Å²) in [5, 5.41) is 11.8. The van der Waals surface area contributed by atoms with E-state index in [1.54, 1.807) is 7.11 Å². The molecule has 0 bridgehead atoms. The fraction of sp³-hybridized carbons (Fsp3) is 0.833. The molecule has 6 heteroatoms. The number of halogens is 1. The first-order valence-corrected chi connectivity index (χ1v) is 7.27. The van der Waals surface area contributed by atoms with Gasteiger partial charge in [0.25, 0.3) is 0 Å². The van der Waals surface area contributed by atoms with Crippen molar-refractivity contribution in [1.29, 1.82) is 0 Å². The largest absolute Gasteiger partial charge is 0.376 e. The smallest absolute Gasteiger partial charge is 0.153 e. The van der Waals surface area contributed by atoms with Gasteiger partial charge in [0.15, 0.2) is 4.60 Å². The van der Waals surface area contributed by atoms with Gasteiger partial charge in [-0.2, -0.15) is 0 Å². The van der Waals surface area contributed by atoms with E-state index in [0.717, 1.165) is 36.1 Å². The maximum Gasteiger partial charge on any atom is 0.153 e. The number of methoxy groups -OCH3 is 1. The van der Waals surface area contributed by atoms with Gasteiger partial charge >= 0.3 is 0 Å². The summed E-state index contributed by atoms with van der Waals surface area (Å²) in [4.78, 5) is 0. The third kappa shape index (κ3) is 2.33. The van der Waals surface area contributed by atoms with Gasteiger partial charge < -0.3 is 10.1 Å². The molecule has 1 atom stereocenters. The number of hydrogen-bond donors (Lipinski definition) is 1. The van der Waals surface area contributed by atoms with Gasteiger partial charge in [-0.1, -0.05) is 12.1 Å². The van der Waals surface area contributed by atoms with E-state index in [9.17, 15) is 0 Å². The lowest BCUT2D eigenvalue weighted by molar-refractivity contribution is -0.101. The van der Waals surface area contributed by atoms with Crippen LogP contribution in [0, 0.1) is 0 Å². The van der Waals surface area contributed by atoms with Crippen molar-refractivity contribution in [1.82, 2.24) is 20.3 Å². The van der Waals surface area contributed by atoms with Gasteiger partial charge in [-0.3, -0.25) is 0 Å². The lowest BCUT2D eigenvalue weighted by atomic mass is 9.73. The molecule has 1 aromatic heterocycles. The molecule has 0 amide bonds. The Morgan fingerprint density at radius 2 is 2.28 bits per heavy atom. The summed E-state index contributed by atoms with van der Waals surface area (Å²) in [6.07, 6.45) is 4.49. The van der Waals surface area contributed by atoms with Crippen molar-refractivity contribution in [2.45, 2.75) is 44.2 Å². The van der Waals surface area contributed by atoms with Crippen LogP contribution < -0.4 is 5.32 Å². The van der Waals surface area contributed by atoms with Crippen LogP contribution in [-0.4, -0.2) is 34.2 Å². The number of ether oxygens (including phenoxy) is 1. The molecular weight excluding hydrogens is 296 g/mol. The zero-order valence-corrected chi connectivity index (χ0v) is 12.8. The highest BCUT2D eigenvalue weighted by atomic mass is 79.9. The Balaban J connectivity index is 2.30. The minimum Gasteiger partial charge on any atom is -0.376 e. The molecule has 1 fully saturated rings. The molecule has 102 valence electrons. The summed E-state index contributed by atoms with van der Waals surface area (Å²) in [7, 11) is 3.73. The van der Waals surface area contributed by atoms with Gasteiger partial charge in [-0.05, 0) is 48.2 Å². The SMILES string of the molecule is CCCNC(c1c(Br)nnn1C)C1(OC)CCC1. The predicted octanol–water partition coefficient (Wildman–Crippen LogP) is 2.19. The van der Waals surface area contributed by atoms with Crippen molar-refractivity contribution < 1.29 is 4.74 Å². The number of hydrogen-bond acceptors (Lipinski definition) is 4. The second-order valence-electron chi connectivity index (χ2n) is 4.90. The number of aryl methyl sites for hydroxylation is 1. The van der Waals surface area contributed by atoms with Gasteiger partial charge in [-0.25, -0.2) is 4.68 Å². The van der Waals surface area contributed by atoms with E-state index in [1.165, 1.54) is 6.42 Å². The zero-order valence-electron chi connectivity index (χ0n) is 11.2. The van der Waals surface area contributed by atoms with Crippen molar-refractivity contribution in [2.75, 3.05) is 13.7 Å². The van der Waals surface area contributed by atoms with Crippen molar-refractivity contribution in [3.05, 3.63) is 10.3 Å². The molecule has 0 aromatic carbocycles. The van der Waals surface area contributed by atoms with Crippen molar-refractivity contribution >= 4 is 15.9 Å². The molecule has 1 unspecified atom stereocenters. The molecule has 1 aromatic rings. The van der Waals surface area contributed by atoms with E-state index < -0.39 is 0 Å². The average Bonchev–Trinajstić information content (AvgIpc) is 2.63. The summed E-state index contributed by atoms with van der Waals surface area (Å²) in [6, 6.07) is 0.144. The van der Waals surface area contributed by atoms with E-state index in [0.29, 0.717) is 0 Å². The minimum absolute atomic E-state index is 0.104. The number of nitrogens with one attached hydrogen (secondary N) is 1. The van der Waals surface area contributed by atoms with E-state index in [2.05, 4.69) is 38.5 Å². The van der Waals surface area contributed by atoms with Crippen LogP contribution in [0.25, 0.3) is 0 Å². The first kappa shape index (κ1) is 14.0. The first-order chi connectivity index (χ1) is 8.64. The third-order valence-electron chi connectivity index (χ3n) is 3.83. The van der Waals surface area contributed by atoms with Crippen LogP contribution in [0.2, 0.25) is 0 Å². The fourth-order valence-electron chi connectivity index (χ4n) is 2.60. The molecule has 0 saturated heterocycles. The molecule has 18 heavy (non-hydrogen) atoms. The van der Waals surface area contributed by atoms with Crippen molar-refractivity contribution in [3.63, 3.8) is 0 Å². The molecule has 0 spiro atoms. The Labute approximate surface area is 116 Å². The Kier molecular flexibility index (Phi) is 4.40. The van der Waals surface area contributed by atoms with E-state index in [-0.39, 0.29) is 11.6 Å². The van der Waals surface area contributed by atoms with Crippen LogP contribution in [0.4, 0.5) is 0 Å². The van der Waals surface area contributed by atoms with Crippen LogP contribution in [0.1, 0.15) is 44.3 Å². The Morgan fingerprint density at radius 1 is 1.56 bits per heavy atom. The Morgan fingerprint density at radius 3 is 2.67 bits per heavy atom. The minimum atomic E-state index is -0.104. The van der Waals surface area contributed by atoms with Crippen LogP contribution in [0.3, 0.4) is 0 Å². The summed E-state index contributed by atoms with van der Waals surface area (Å²) < 4.78 is 8.45. The predicted molar refractivity (Wildman–Crippen MR) is 73.3 cm³/mol. The Bertz CT molecular complexity index is 378. The second-order valence-corrected chi connectivity index (χ2v) is 5.65. The van der Waals surface area contributed by atoms with Gasteiger partial charge in [0.1, 0.15) is 0 Å². The zero-order chi connectivity index (χ0) is 13.2. The van der Waals surface area contributed by atoms with E-state index >= 15 is 0 Å². The van der Waals surface area contributed by atoms with Gasteiger partial charge in [0, 0.05) is 14.2 Å². The quantitative estimate of drug-likeness (QED) is 0.874. The van der Waals surface area contributed by atoms with Gasteiger partial charge in [0.05, 0.1) is 17.3 Å². The molecule has 1 N–H and O–H groups in total. The molecule has 1 aliphatic rings. The molecule has 0 radical (unpaired) electrons. The standard InChI is InChI=1S/C12H21BrN4O/c1-4-8-14-10(12(18-3)6-5-7-12)9-11(13)15-16-17(9)2/h10,14H,4-8H2,1-3H3. The van der Waals surface area contributed by atoms with Crippen molar-refractivity contribution in [3.8, 4) is 0 Å². The number of nitrogens with zero attached hydrogens (tertiary/aromatic N) is 3. The molecule has 2 rings (SSSR count). The molecule has 1 saturated carbocycles. The molecule has 1 aliphatic carbocycles. The van der Waals surface area contributed by atoms with Gasteiger partial charge in [0.2, 0.25) is 0 Å². The lowest BCUT2D eigenvalue weighted by Crippen LogP contribution is -2.51. The third-order valence-corrected chi connectivity index (χ3v) is 4.40. The summed E-state index contributed by atoms with van der Waals surface area (Å²) in [5.41, 5.74) is 0.970. The van der Waals surface area contributed by atoms with Crippen molar-refractivity contribution in [2.24, 2.45) is 7.05 Å². The second kappa shape index (κ2) is 5.67. The van der Waals surface area contributed by atoms with Gasteiger partial charge in [-0.15, -0.1) is 5.10 Å². The number of rotatable bonds is 6. The van der Waals surface area contributed by atoms with Crippen LogP contribution in [0.15, 0.2) is 4.60 Å². The maximum atomic E-state index is 5.81. The van der Waals surface area contributed by atoms with E-state index in [1.807, 2.05) is 11.7 Å². The monoisotopic (exact) mass is 316 g/mol. The lowest BCUT2D eigenvalue weighted by Gasteiger charge is -2.46. The highest BCUT2D eigenvalue weighted by molar-refractivity contribution is 9.10. The number of aromatic nitrogens is 3. The molecule has 1 heterocycles. The summed E-state index contributed by atoms with van der Waals surface area (Å²) in [5.74, 6) is 0. The molecule has 0 aliphatic heterocycles. The normalized spacial score (nSPS) is 19.6. The van der Waals surface area contributed by atoms with Crippen LogP contribution in [0.5, 0.6) is 0 Å². The first-order valence-electron chi connectivity index (χ1n) is 6.48.